The van der Waals surface area contributed by atoms with Gasteiger partial charge in [0.25, 0.3) is 5.91 Å². The van der Waals surface area contributed by atoms with Crippen LogP contribution in [0.5, 0.6) is 17.2 Å². The van der Waals surface area contributed by atoms with E-state index in [1.54, 1.807) is 36.4 Å². The third-order valence-electron chi connectivity index (χ3n) is 5.94. The van der Waals surface area contributed by atoms with E-state index in [0.29, 0.717) is 52.8 Å². The predicted molar refractivity (Wildman–Crippen MR) is 168 cm³/mol. The lowest BCUT2D eigenvalue weighted by molar-refractivity contribution is -0.112. The Labute approximate surface area is 256 Å². The lowest BCUT2D eigenvalue weighted by Crippen LogP contribution is -2.13. The average Bonchev–Trinajstić information content (AvgIpc) is 2.97. The van der Waals surface area contributed by atoms with Crippen LogP contribution in [0.15, 0.2) is 99.4 Å². The van der Waals surface area contributed by atoms with Crippen LogP contribution in [-0.4, -0.2) is 12.5 Å². The number of hydrogen-bond donors (Lipinski definition) is 1. The summed E-state index contributed by atoms with van der Waals surface area (Å²) in [5.41, 5.74) is 4.36. The van der Waals surface area contributed by atoms with Crippen molar-refractivity contribution in [1.82, 2.24) is 0 Å². The highest BCUT2D eigenvalue weighted by atomic mass is 79.9. The number of nitriles is 1. The summed E-state index contributed by atoms with van der Waals surface area (Å²) in [4.78, 5) is 12.9. The smallest absolute Gasteiger partial charge is 0.266 e. The lowest BCUT2D eigenvalue weighted by Gasteiger charge is -2.15. The second-order valence-electron chi connectivity index (χ2n) is 9.10. The lowest BCUT2D eigenvalue weighted by atomic mass is 10.1. The van der Waals surface area contributed by atoms with Crippen molar-refractivity contribution in [3.8, 4) is 23.3 Å². The Balaban J connectivity index is 1.43. The molecule has 41 heavy (non-hydrogen) atoms. The van der Waals surface area contributed by atoms with Crippen LogP contribution in [0.4, 0.5) is 5.69 Å². The number of nitrogens with zero attached hydrogens (tertiary/aromatic N) is 1. The van der Waals surface area contributed by atoms with E-state index in [4.69, 9.17) is 14.2 Å². The van der Waals surface area contributed by atoms with Gasteiger partial charge in [0.2, 0.25) is 0 Å². The van der Waals surface area contributed by atoms with E-state index in [2.05, 4.69) is 37.2 Å². The highest BCUT2D eigenvalue weighted by molar-refractivity contribution is 9.10. The van der Waals surface area contributed by atoms with Crippen LogP contribution in [0, 0.1) is 18.3 Å². The van der Waals surface area contributed by atoms with Crippen LogP contribution in [0.25, 0.3) is 6.08 Å². The first kappa shape index (κ1) is 29.9. The molecular formula is C33H28Br2N2O4. The molecule has 0 fully saturated rings. The maximum absolute atomic E-state index is 12.9. The molecule has 8 heteroatoms. The summed E-state index contributed by atoms with van der Waals surface area (Å²) in [6.45, 7) is 5.14. The Morgan fingerprint density at radius 1 is 0.878 bits per heavy atom. The number of benzene rings is 4. The molecule has 4 aromatic rings. The molecule has 0 aliphatic carbocycles. The first-order chi connectivity index (χ1) is 19.8. The minimum atomic E-state index is -0.523. The monoisotopic (exact) mass is 674 g/mol. The van der Waals surface area contributed by atoms with Crippen LogP contribution in [0.2, 0.25) is 0 Å². The van der Waals surface area contributed by atoms with Gasteiger partial charge in [-0.2, -0.15) is 5.26 Å². The number of rotatable bonds is 11. The van der Waals surface area contributed by atoms with Crippen molar-refractivity contribution in [3.05, 3.63) is 122 Å². The first-order valence-electron chi connectivity index (χ1n) is 12.9. The topological polar surface area (TPSA) is 80.6 Å². The van der Waals surface area contributed by atoms with Crippen LogP contribution >= 0.6 is 31.9 Å². The van der Waals surface area contributed by atoms with E-state index in [9.17, 15) is 10.1 Å². The maximum Gasteiger partial charge on any atom is 0.266 e. The Morgan fingerprint density at radius 3 is 2.15 bits per heavy atom. The van der Waals surface area contributed by atoms with Gasteiger partial charge in [0, 0.05) is 10.2 Å². The molecule has 0 unspecified atom stereocenters. The van der Waals surface area contributed by atoms with Crippen molar-refractivity contribution in [3.63, 3.8) is 0 Å². The van der Waals surface area contributed by atoms with Gasteiger partial charge in [0.1, 0.15) is 30.6 Å². The quantitative estimate of drug-likeness (QED) is 0.127. The second-order valence-corrected chi connectivity index (χ2v) is 10.9. The number of carbonyl (C=O) groups excluding carboxylic acids is 1. The summed E-state index contributed by atoms with van der Waals surface area (Å²) in [5.74, 6) is 1.21. The summed E-state index contributed by atoms with van der Waals surface area (Å²) in [6.07, 6.45) is 1.52. The van der Waals surface area contributed by atoms with Gasteiger partial charge in [-0.25, -0.2) is 0 Å². The van der Waals surface area contributed by atoms with E-state index >= 15 is 0 Å². The molecule has 208 valence electrons. The number of hydrogen-bond acceptors (Lipinski definition) is 5. The van der Waals surface area contributed by atoms with Crippen molar-refractivity contribution in [2.45, 2.75) is 27.1 Å². The van der Waals surface area contributed by atoms with Gasteiger partial charge >= 0.3 is 0 Å². The number of aryl methyl sites for hydroxylation is 1. The van der Waals surface area contributed by atoms with Crippen LogP contribution in [-0.2, 0) is 18.0 Å². The summed E-state index contributed by atoms with van der Waals surface area (Å²) < 4.78 is 19.4. The molecule has 0 aliphatic rings. The number of nitrogens with one attached hydrogen (secondary N) is 1. The predicted octanol–water partition coefficient (Wildman–Crippen LogP) is 8.62. The second kappa shape index (κ2) is 14.5. The van der Waals surface area contributed by atoms with Gasteiger partial charge in [-0.05, 0) is 101 Å². The Hall–Kier alpha value is -4.06. The molecule has 4 rings (SSSR count). The number of anilines is 1. The minimum absolute atomic E-state index is 0.0526. The standard InChI is InChI=1S/C33H28Br2N2O4/c1-3-39-31-18-25(17-30(35)32(31)41-21-23-6-4-22(2)5-7-23)16-26(19-36)33(38)37-28-12-14-29(15-13-28)40-20-24-8-10-27(34)11-9-24/h4-18H,3,20-21H2,1-2H3,(H,37,38)/b26-16+. The highest BCUT2D eigenvalue weighted by Crippen LogP contribution is 2.38. The van der Waals surface area contributed by atoms with Crippen molar-refractivity contribution < 1.29 is 19.0 Å². The fourth-order valence-corrected chi connectivity index (χ4v) is 4.65. The molecule has 1 N–H and O–H groups in total. The maximum atomic E-state index is 12.9. The van der Waals surface area contributed by atoms with Gasteiger partial charge in [-0.15, -0.1) is 0 Å². The van der Waals surface area contributed by atoms with Crippen molar-refractivity contribution in [2.24, 2.45) is 0 Å². The van der Waals surface area contributed by atoms with Crippen molar-refractivity contribution in [2.75, 3.05) is 11.9 Å². The summed E-state index contributed by atoms with van der Waals surface area (Å²) >= 11 is 6.98. The third kappa shape index (κ3) is 8.71. The molecule has 6 nitrogen and oxygen atoms in total. The summed E-state index contributed by atoms with van der Waals surface area (Å²) in [7, 11) is 0. The zero-order valence-corrected chi connectivity index (χ0v) is 25.8. The molecule has 0 heterocycles. The van der Waals surface area contributed by atoms with Gasteiger partial charge in [0.05, 0.1) is 11.1 Å². The number of carbonyl (C=O) groups is 1. The SMILES string of the molecule is CCOc1cc(/C=C(\C#N)C(=O)Nc2ccc(OCc3ccc(Br)cc3)cc2)cc(Br)c1OCc1ccc(C)cc1. The van der Waals surface area contributed by atoms with Crippen molar-refractivity contribution >= 4 is 49.5 Å². The first-order valence-corrected chi connectivity index (χ1v) is 14.5. The fourth-order valence-electron chi connectivity index (χ4n) is 3.81. The molecule has 1 amide bonds. The molecule has 0 saturated heterocycles. The normalized spacial score (nSPS) is 11.0. The Bertz CT molecular complexity index is 1560. The molecule has 0 radical (unpaired) electrons. The van der Waals surface area contributed by atoms with Crippen LogP contribution < -0.4 is 19.5 Å². The molecule has 0 saturated carbocycles. The minimum Gasteiger partial charge on any atom is -0.490 e. The number of amides is 1. The van der Waals surface area contributed by atoms with E-state index in [1.807, 2.05) is 68.4 Å². The average molecular weight is 676 g/mol. The molecule has 4 aromatic carbocycles. The van der Waals surface area contributed by atoms with E-state index in [0.717, 1.165) is 15.6 Å². The van der Waals surface area contributed by atoms with Crippen LogP contribution in [0.1, 0.15) is 29.2 Å². The fraction of sp³-hybridized carbons (Fsp3) is 0.152. The van der Waals surface area contributed by atoms with Crippen molar-refractivity contribution in [1.29, 1.82) is 5.26 Å². The molecular weight excluding hydrogens is 648 g/mol. The van der Waals surface area contributed by atoms with Gasteiger partial charge in [-0.1, -0.05) is 57.9 Å². The van der Waals surface area contributed by atoms with Gasteiger partial charge in [-0.3, -0.25) is 4.79 Å². The molecule has 0 spiro atoms. The zero-order valence-electron chi connectivity index (χ0n) is 22.6. The zero-order chi connectivity index (χ0) is 29.2. The molecule has 0 bridgehead atoms. The Morgan fingerprint density at radius 2 is 1.51 bits per heavy atom. The number of ether oxygens (including phenoxy) is 3. The number of halogens is 2. The van der Waals surface area contributed by atoms with E-state index in [1.165, 1.54) is 11.6 Å². The van der Waals surface area contributed by atoms with E-state index in [-0.39, 0.29) is 5.57 Å². The molecule has 0 atom stereocenters. The Kier molecular flexibility index (Phi) is 10.6. The third-order valence-corrected chi connectivity index (χ3v) is 7.06. The van der Waals surface area contributed by atoms with Crippen LogP contribution in [0.3, 0.4) is 0 Å². The largest absolute Gasteiger partial charge is 0.490 e. The highest BCUT2D eigenvalue weighted by Gasteiger charge is 2.15. The van der Waals surface area contributed by atoms with Gasteiger partial charge < -0.3 is 19.5 Å². The van der Waals surface area contributed by atoms with Gasteiger partial charge in [0.15, 0.2) is 11.5 Å². The van der Waals surface area contributed by atoms with E-state index < -0.39 is 5.91 Å². The summed E-state index contributed by atoms with van der Waals surface area (Å²) in [6, 6.07) is 28.5. The molecule has 0 aromatic heterocycles. The summed E-state index contributed by atoms with van der Waals surface area (Å²) in [5, 5.41) is 12.5. The molecule has 0 aliphatic heterocycles.